The van der Waals surface area contributed by atoms with Crippen LogP contribution in [0.4, 0.5) is 0 Å². The van der Waals surface area contributed by atoms with Crippen molar-refractivity contribution in [2.24, 2.45) is 0 Å². The molecule has 0 aromatic rings. The van der Waals surface area contributed by atoms with E-state index in [0.29, 0.717) is 6.42 Å². The fourth-order valence-corrected chi connectivity index (χ4v) is 5.55. The van der Waals surface area contributed by atoms with Gasteiger partial charge in [-0.1, -0.05) is 181 Å². The van der Waals surface area contributed by atoms with Crippen molar-refractivity contribution in [2.45, 2.75) is 241 Å². The number of rotatable bonds is 34. The summed E-state index contributed by atoms with van der Waals surface area (Å²) in [5.74, 6) is 0.0249. The molecule has 0 spiro atoms. The Hall–Kier alpha value is -1.57. The SMILES string of the molecule is CC.CC.CCCCC/C=C\C/C=C\CCCCCCCCC(CCCCCCCC/C=C\C/C=C\CCCCC)OC(=O)CCCC. The van der Waals surface area contributed by atoms with Gasteiger partial charge in [-0.05, 0) is 96.3 Å². The van der Waals surface area contributed by atoms with Crippen molar-refractivity contribution in [1.29, 1.82) is 0 Å². The zero-order valence-electron chi connectivity index (χ0n) is 34.0. The summed E-state index contributed by atoms with van der Waals surface area (Å²) in [6.45, 7) is 14.7. The molecule has 2 nitrogen and oxygen atoms in total. The second kappa shape index (κ2) is 49.8. The smallest absolute Gasteiger partial charge is 0.306 e. The minimum atomic E-state index is 0.0249. The van der Waals surface area contributed by atoms with E-state index in [1.165, 1.54) is 141 Å². The lowest BCUT2D eigenvalue weighted by Gasteiger charge is -2.18. The molecule has 0 fully saturated rings. The van der Waals surface area contributed by atoms with E-state index in [1.807, 2.05) is 27.7 Å². The number of hydrogen-bond donors (Lipinski definition) is 0. The van der Waals surface area contributed by atoms with Crippen LogP contribution in [0.15, 0.2) is 48.6 Å². The summed E-state index contributed by atoms with van der Waals surface area (Å²) in [7, 11) is 0. The third kappa shape index (κ3) is 46.5. The summed E-state index contributed by atoms with van der Waals surface area (Å²) in [5, 5.41) is 0. The average molecular weight is 673 g/mol. The predicted octanol–water partition coefficient (Wildman–Crippen LogP) is 16.5. The van der Waals surface area contributed by atoms with Crippen LogP contribution in [0.5, 0.6) is 0 Å². The fourth-order valence-electron chi connectivity index (χ4n) is 5.55. The predicted molar refractivity (Wildman–Crippen MR) is 220 cm³/mol. The Labute approximate surface area is 304 Å². The second-order valence-electron chi connectivity index (χ2n) is 13.0. The molecule has 0 aromatic heterocycles. The van der Waals surface area contributed by atoms with Crippen LogP contribution in [-0.2, 0) is 9.53 Å². The zero-order chi connectivity index (χ0) is 36.0. The largest absolute Gasteiger partial charge is 0.462 e. The molecule has 0 atom stereocenters. The quantitative estimate of drug-likeness (QED) is 0.0386. The van der Waals surface area contributed by atoms with E-state index in [0.717, 1.165) is 38.5 Å². The van der Waals surface area contributed by atoms with Crippen LogP contribution < -0.4 is 0 Å². The van der Waals surface area contributed by atoms with E-state index in [9.17, 15) is 4.79 Å². The lowest BCUT2D eigenvalue weighted by Crippen LogP contribution is -2.18. The Kier molecular flexibility index (Phi) is 52.7. The molecule has 2 heteroatoms. The molecule has 0 bridgehead atoms. The van der Waals surface area contributed by atoms with Crippen LogP contribution in [0, 0.1) is 0 Å². The first-order chi connectivity index (χ1) is 23.7. The van der Waals surface area contributed by atoms with Crippen LogP contribution >= 0.6 is 0 Å². The second-order valence-corrected chi connectivity index (χ2v) is 13.0. The van der Waals surface area contributed by atoms with Crippen LogP contribution in [0.2, 0.25) is 0 Å². The zero-order valence-corrected chi connectivity index (χ0v) is 34.0. The van der Waals surface area contributed by atoms with Crippen molar-refractivity contribution < 1.29 is 9.53 Å². The van der Waals surface area contributed by atoms with Crippen molar-refractivity contribution in [2.75, 3.05) is 0 Å². The summed E-state index contributed by atoms with van der Waals surface area (Å²) in [4.78, 5) is 12.3. The van der Waals surface area contributed by atoms with E-state index in [1.54, 1.807) is 0 Å². The Balaban J connectivity index is -0.00000486. The molecule has 0 aliphatic rings. The lowest BCUT2D eigenvalue weighted by molar-refractivity contribution is -0.150. The van der Waals surface area contributed by atoms with Crippen molar-refractivity contribution >= 4 is 5.97 Å². The number of esters is 1. The van der Waals surface area contributed by atoms with E-state index in [2.05, 4.69) is 69.4 Å². The Bertz CT molecular complexity index is 638. The fraction of sp³-hybridized carbons (Fsp3) is 0.804. The number of allylic oxidation sites excluding steroid dienone is 8. The molecule has 0 N–H and O–H groups in total. The molecule has 0 aromatic carbocycles. The maximum absolute atomic E-state index is 12.3. The molecule has 0 radical (unpaired) electrons. The molecular formula is C46H88O2. The van der Waals surface area contributed by atoms with E-state index in [4.69, 9.17) is 4.74 Å². The first-order valence-electron chi connectivity index (χ1n) is 21.5. The highest BCUT2D eigenvalue weighted by Gasteiger charge is 2.14. The first kappa shape index (κ1) is 50.8. The van der Waals surface area contributed by atoms with Gasteiger partial charge in [0, 0.05) is 6.42 Å². The molecular weight excluding hydrogens is 585 g/mol. The molecule has 0 amide bonds. The minimum absolute atomic E-state index is 0.0249. The summed E-state index contributed by atoms with van der Waals surface area (Å²) in [6, 6.07) is 0. The van der Waals surface area contributed by atoms with Crippen molar-refractivity contribution in [3.63, 3.8) is 0 Å². The summed E-state index contributed by atoms with van der Waals surface area (Å²) < 4.78 is 5.94. The van der Waals surface area contributed by atoms with Gasteiger partial charge in [0.2, 0.25) is 0 Å². The van der Waals surface area contributed by atoms with Crippen molar-refractivity contribution in [3.05, 3.63) is 48.6 Å². The minimum Gasteiger partial charge on any atom is -0.462 e. The van der Waals surface area contributed by atoms with Crippen LogP contribution in [0.25, 0.3) is 0 Å². The Morgan fingerprint density at radius 3 is 1.08 bits per heavy atom. The van der Waals surface area contributed by atoms with Gasteiger partial charge in [-0.3, -0.25) is 4.79 Å². The average Bonchev–Trinajstić information content (AvgIpc) is 3.11. The standard InChI is InChI=1S/C42H76O2.2C2H6/c1-4-7-10-12-14-16-18-20-22-24-26-28-30-32-34-36-38-41(44-42(43)40-9-6-3)39-37-35-33-31-29-27-25-23-21-19-17-15-13-11-8-5-2;2*1-2/h14-17,20-23,41H,4-13,18-19,24-40H2,1-3H3;2*1-2H3/b16-14-,17-15-,22-20-,23-21-;;. The van der Waals surface area contributed by atoms with Crippen LogP contribution in [0.1, 0.15) is 235 Å². The van der Waals surface area contributed by atoms with Crippen molar-refractivity contribution in [3.8, 4) is 0 Å². The molecule has 0 saturated heterocycles. The summed E-state index contributed by atoms with van der Waals surface area (Å²) in [5.41, 5.74) is 0. The van der Waals surface area contributed by atoms with Gasteiger partial charge in [0.15, 0.2) is 0 Å². The molecule has 0 rings (SSSR count). The molecule has 0 aliphatic heterocycles. The normalized spacial score (nSPS) is 11.5. The van der Waals surface area contributed by atoms with Gasteiger partial charge in [0.25, 0.3) is 0 Å². The highest BCUT2D eigenvalue weighted by atomic mass is 16.5. The summed E-state index contributed by atoms with van der Waals surface area (Å²) >= 11 is 0. The van der Waals surface area contributed by atoms with Gasteiger partial charge < -0.3 is 4.74 Å². The Morgan fingerprint density at radius 1 is 0.417 bits per heavy atom. The molecule has 0 saturated carbocycles. The van der Waals surface area contributed by atoms with Gasteiger partial charge in [-0.2, -0.15) is 0 Å². The number of carbonyl (C=O) groups is 1. The number of unbranched alkanes of at least 4 members (excludes halogenated alkanes) is 19. The maximum atomic E-state index is 12.3. The highest BCUT2D eigenvalue weighted by Crippen LogP contribution is 2.18. The van der Waals surface area contributed by atoms with Gasteiger partial charge in [-0.15, -0.1) is 0 Å². The van der Waals surface area contributed by atoms with Crippen LogP contribution in [0.3, 0.4) is 0 Å². The maximum Gasteiger partial charge on any atom is 0.306 e. The van der Waals surface area contributed by atoms with Gasteiger partial charge in [-0.25, -0.2) is 0 Å². The monoisotopic (exact) mass is 673 g/mol. The molecule has 284 valence electrons. The molecule has 48 heavy (non-hydrogen) atoms. The number of ether oxygens (including phenoxy) is 1. The first-order valence-corrected chi connectivity index (χ1v) is 21.5. The van der Waals surface area contributed by atoms with Gasteiger partial charge >= 0.3 is 5.97 Å². The Morgan fingerprint density at radius 2 is 0.729 bits per heavy atom. The summed E-state index contributed by atoms with van der Waals surface area (Å²) in [6.07, 6.45) is 54.1. The third-order valence-corrected chi connectivity index (χ3v) is 8.49. The molecule has 0 unspecified atom stereocenters. The molecule has 0 aliphatic carbocycles. The topological polar surface area (TPSA) is 26.3 Å². The molecule has 0 heterocycles. The van der Waals surface area contributed by atoms with E-state index in [-0.39, 0.29) is 12.1 Å². The van der Waals surface area contributed by atoms with E-state index < -0.39 is 0 Å². The van der Waals surface area contributed by atoms with Crippen molar-refractivity contribution in [1.82, 2.24) is 0 Å². The van der Waals surface area contributed by atoms with Gasteiger partial charge in [0.05, 0.1) is 0 Å². The van der Waals surface area contributed by atoms with Crippen LogP contribution in [-0.4, -0.2) is 12.1 Å². The van der Waals surface area contributed by atoms with Gasteiger partial charge in [0.1, 0.15) is 6.10 Å². The van der Waals surface area contributed by atoms with E-state index >= 15 is 0 Å². The number of carbonyl (C=O) groups excluding carboxylic acids is 1. The number of hydrogen-bond acceptors (Lipinski definition) is 2. The highest BCUT2D eigenvalue weighted by molar-refractivity contribution is 5.69. The lowest BCUT2D eigenvalue weighted by atomic mass is 10.0. The third-order valence-electron chi connectivity index (χ3n) is 8.49.